The molecule has 0 bridgehead atoms. The van der Waals surface area contributed by atoms with Crippen LogP contribution in [0.3, 0.4) is 0 Å². The Bertz CT molecular complexity index is 1010. The van der Waals surface area contributed by atoms with Crippen LogP contribution in [-0.2, 0) is 14.3 Å². The quantitative estimate of drug-likeness (QED) is 0.770. The van der Waals surface area contributed by atoms with Gasteiger partial charge in [-0.05, 0) is 43.2 Å². The maximum atomic E-state index is 13.2. The molecule has 0 aliphatic carbocycles. The van der Waals surface area contributed by atoms with E-state index in [-0.39, 0.29) is 23.2 Å². The maximum Gasteiger partial charge on any atom is 0.338 e. The highest BCUT2D eigenvalue weighted by Crippen LogP contribution is 2.37. The summed E-state index contributed by atoms with van der Waals surface area (Å²) in [4.78, 5) is 38.3. The summed E-state index contributed by atoms with van der Waals surface area (Å²) >= 11 is 0. The summed E-state index contributed by atoms with van der Waals surface area (Å²) in [5.41, 5.74) is 1.59. The molecule has 0 spiro atoms. The molecule has 2 aromatic rings. The first-order valence-electron chi connectivity index (χ1n) is 9.06. The first-order valence-corrected chi connectivity index (χ1v) is 9.06. The lowest BCUT2D eigenvalue weighted by molar-refractivity contribution is -0.119. The second kappa shape index (κ2) is 7.50. The van der Waals surface area contributed by atoms with Gasteiger partial charge in [-0.2, -0.15) is 0 Å². The number of carbonyl (C=O) groups is 3. The fraction of sp³-hybridized carbons (Fsp3) is 0.250. The van der Waals surface area contributed by atoms with Crippen LogP contribution in [0.4, 0.5) is 25.8 Å². The lowest BCUT2D eigenvalue weighted by Gasteiger charge is -2.33. The van der Waals surface area contributed by atoms with Gasteiger partial charge in [-0.25, -0.2) is 13.6 Å². The van der Waals surface area contributed by atoms with E-state index in [2.05, 4.69) is 10.6 Å². The minimum absolute atomic E-state index is 0.0432. The zero-order chi connectivity index (χ0) is 20.5. The van der Waals surface area contributed by atoms with Crippen molar-refractivity contribution in [3.8, 4) is 0 Å². The number of halogens is 2. The highest BCUT2D eigenvalue weighted by molar-refractivity contribution is 6.05. The number of fused-ring (bicyclic) bond motifs is 3. The average Bonchev–Trinajstić information content (AvgIpc) is 3.19. The number of nitrogens with zero attached hydrogens (tertiary/aromatic N) is 1. The largest absolute Gasteiger partial charge is 0.452 e. The van der Waals surface area contributed by atoms with Crippen LogP contribution in [0, 0.1) is 11.6 Å². The van der Waals surface area contributed by atoms with Crippen LogP contribution in [-0.4, -0.2) is 37.0 Å². The van der Waals surface area contributed by atoms with Gasteiger partial charge in [0.25, 0.3) is 5.91 Å². The fourth-order valence-corrected chi connectivity index (χ4v) is 3.54. The number of esters is 1. The van der Waals surface area contributed by atoms with E-state index in [0.717, 1.165) is 37.2 Å². The number of carbonyl (C=O) groups excluding carboxylic acids is 3. The van der Waals surface area contributed by atoms with Crippen molar-refractivity contribution < 1.29 is 27.9 Å². The fourth-order valence-electron chi connectivity index (χ4n) is 3.54. The molecule has 2 aliphatic rings. The van der Waals surface area contributed by atoms with Crippen LogP contribution in [0.15, 0.2) is 36.4 Å². The second-order valence-electron chi connectivity index (χ2n) is 6.83. The van der Waals surface area contributed by atoms with E-state index in [1.807, 2.05) is 4.90 Å². The van der Waals surface area contributed by atoms with Gasteiger partial charge < -0.3 is 20.3 Å². The number of nitrogens with one attached hydrogen (secondary N) is 2. The summed E-state index contributed by atoms with van der Waals surface area (Å²) in [6.45, 7) is 0.175. The number of ether oxygens (including phenoxy) is 1. The molecule has 0 aromatic heterocycles. The Morgan fingerprint density at radius 1 is 1.17 bits per heavy atom. The minimum Gasteiger partial charge on any atom is -0.452 e. The Kier molecular flexibility index (Phi) is 4.87. The van der Waals surface area contributed by atoms with Gasteiger partial charge in [-0.15, -0.1) is 0 Å². The molecule has 1 fully saturated rings. The van der Waals surface area contributed by atoms with Gasteiger partial charge in [0.2, 0.25) is 5.91 Å². The Morgan fingerprint density at radius 3 is 2.79 bits per heavy atom. The molecule has 9 heteroatoms. The SMILES string of the molecule is O=C(COC(=O)c1ccc2c(c1)NC(=O)[C@H]1CCCN21)Nc1ccc(F)c(F)c1. The molecule has 150 valence electrons. The highest BCUT2D eigenvalue weighted by Gasteiger charge is 2.36. The van der Waals surface area contributed by atoms with E-state index in [9.17, 15) is 23.2 Å². The van der Waals surface area contributed by atoms with Gasteiger partial charge in [-0.3, -0.25) is 9.59 Å². The third kappa shape index (κ3) is 3.75. The summed E-state index contributed by atoms with van der Waals surface area (Å²) in [5, 5.41) is 5.11. The molecule has 29 heavy (non-hydrogen) atoms. The van der Waals surface area contributed by atoms with Gasteiger partial charge in [0.1, 0.15) is 6.04 Å². The summed E-state index contributed by atoms with van der Waals surface area (Å²) in [6.07, 6.45) is 1.72. The van der Waals surface area contributed by atoms with Gasteiger partial charge in [-0.1, -0.05) is 0 Å². The Morgan fingerprint density at radius 2 is 2.00 bits per heavy atom. The first kappa shape index (κ1) is 18.9. The van der Waals surface area contributed by atoms with Crippen LogP contribution in [0.25, 0.3) is 0 Å². The molecule has 2 heterocycles. The Labute approximate surface area is 164 Å². The molecule has 0 radical (unpaired) electrons. The van der Waals surface area contributed by atoms with Crippen molar-refractivity contribution in [3.63, 3.8) is 0 Å². The number of anilines is 3. The van der Waals surface area contributed by atoms with Gasteiger partial charge in [0.05, 0.1) is 16.9 Å². The van der Waals surface area contributed by atoms with E-state index in [0.29, 0.717) is 5.69 Å². The summed E-state index contributed by atoms with van der Waals surface area (Å²) in [7, 11) is 0. The molecule has 2 aromatic carbocycles. The van der Waals surface area contributed by atoms with Crippen LogP contribution >= 0.6 is 0 Å². The summed E-state index contributed by atoms with van der Waals surface area (Å²) in [6, 6.07) is 7.54. The molecule has 2 amide bonds. The lowest BCUT2D eigenvalue weighted by atomic mass is 10.1. The number of hydrogen-bond donors (Lipinski definition) is 2. The number of hydrogen-bond acceptors (Lipinski definition) is 5. The standard InChI is InChI=1S/C20H17F2N3O4/c21-13-5-4-12(9-14(13)22)23-18(26)10-29-20(28)11-3-6-16-15(8-11)24-19(27)17-2-1-7-25(16)17/h3-6,8-9,17H,1-2,7,10H2,(H,23,26)(H,24,27)/t17-/m1/s1. The van der Waals surface area contributed by atoms with Crippen molar-refractivity contribution in [1.29, 1.82) is 0 Å². The topological polar surface area (TPSA) is 87.7 Å². The van der Waals surface area contributed by atoms with E-state index in [4.69, 9.17) is 4.74 Å². The highest BCUT2D eigenvalue weighted by atomic mass is 19.2. The molecule has 4 rings (SSSR count). The van der Waals surface area contributed by atoms with E-state index >= 15 is 0 Å². The molecule has 2 aliphatic heterocycles. The predicted octanol–water partition coefficient (Wildman–Crippen LogP) is 2.68. The summed E-state index contributed by atoms with van der Waals surface area (Å²) < 4.78 is 31.0. The Balaban J connectivity index is 1.39. The number of rotatable bonds is 4. The Hall–Kier alpha value is -3.49. The zero-order valence-corrected chi connectivity index (χ0v) is 15.2. The summed E-state index contributed by atoms with van der Waals surface area (Å²) in [5.74, 6) is -3.68. The van der Waals surface area contributed by atoms with Gasteiger partial charge in [0.15, 0.2) is 18.2 Å². The smallest absolute Gasteiger partial charge is 0.338 e. The van der Waals surface area contributed by atoms with Crippen molar-refractivity contribution in [3.05, 3.63) is 53.6 Å². The molecule has 0 saturated carbocycles. The zero-order valence-electron chi connectivity index (χ0n) is 15.2. The molecule has 7 nitrogen and oxygen atoms in total. The second-order valence-corrected chi connectivity index (χ2v) is 6.83. The normalized spacial score (nSPS) is 17.2. The van der Waals surface area contributed by atoms with Crippen LogP contribution < -0.4 is 15.5 Å². The molecule has 2 N–H and O–H groups in total. The average molecular weight is 401 g/mol. The van der Waals surface area contributed by atoms with E-state index in [1.165, 1.54) is 12.1 Å². The van der Waals surface area contributed by atoms with Crippen molar-refractivity contribution in [1.82, 2.24) is 0 Å². The first-order chi connectivity index (χ1) is 13.9. The molecular formula is C20H17F2N3O4. The lowest BCUT2D eigenvalue weighted by Crippen LogP contribution is -2.43. The van der Waals surface area contributed by atoms with Crippen molar-refractivity contribution in [2.75, 3.05) is 28.7 Å². The van der Waals surface area contributed by atoms with Gasteiger partial charge in [0, 0.05) is 18.3 Å². The number of benzene rings is 2. The van der Waals surface area contributed by atoms with Gasteiger partial charge >= 0.3 is 5.97 Å². The molecular weight excluding hydrogens is 384 g/mol. The monoisotopic (exact) mass is 401 g/mol. The van der Waals surface area contributed by atoms with E-state index in [1.54, 1.807) is 12.1 Å². The third-order valence-electron chi connectivity index (χ3n) is 4.89. The van der Waals surface area contributed by atoms with Crippen LogP contribution in [0.2, 0.25) is 0 Å². The third-order valence-corrected chi connectivity index (χ3v) is 4.89. The maximum absolute atomic E-state index is 13.2. The van der Waals surface area contributed by atoms with Crippen molar-refractivity contribution >= 4 is 34.8 Å². The molecule has 1 saturated heterocycles. The molecule has 0 unspecified atom stereocenters. The predicted molar refractivity (Wildman–Crippen MR) is 101 cm³/mol. The minimum atomic E-state index is -1.10. The molecule has 1 atom stereocenters. The van der Waals surface area contributed by atoms with E-state index < -0.39 is 30.1 Å². The van der Waals surface area contributed by atoms with Crippen molar-refractivity contribution in [2.24, 2.45) is 0 Å². The van der Waals surface area contributed by atoms with Crippen LogP contribution in [0.1, 0.15) is 23.2 Å². The van der Waals surface area contributed by atoms with Crippen molar-refractivity contribution in [2.45, 2.75) is 18.9 Å². The van der Waals surface area contributed by atoms with Crippen LogP contribution in [0.5, 0.6) is 0 Å². The number of amides is 2.